The predicted octanol–water partition coefficient (Wildman–Crippen LogP) is 7.07. The van der Waals surface area contributed by atoms with Crippen LogP contribution >= 0.6 is 0 Å². The highest BCUT2D eigenvalue weighted by Crippen LogP contribution is 2.00. The monoisotopic (exact) mass is 252 g/mol. The number of rotatable bonds is 10. The Hall–Kier alpha value is -0.520. The van der Waals surface area contributed by atoms with Gasteiger partial charge in [0.05, 0.1) is 0 Å². The molecular formula is C18H36. The van der Waals surface area contributed by atoms with Crippen LogP contribution in [0.3, 0.4) is 0 Å². The first-order valence-corrected chi connectivity index (χ1v) is 8.13. The Morgan fingerprint density at radius 2 is 0.889 bits per heavy atom. The molecule has 0 spiro atoms. The second-order valence-corrected chi connectivity index (χ2v) is 4.75. The molecule has 0 saturated heterocycles. The summed E-state index contributed by atoms with van der Waals surface area (Å²) in [4.78, 5) is 0. The van der Waals surface area contributed by atoms with Crippen molar-refractivity contribution in [3.63, 3.8) is 0 Å². The van der Waals surface area contributed by atoms with Crippen LogP contribution in [0.1, 0.15) is 91.9 Å². The zero-order valence-corrected chi connectivity index (χ0v) is 13.4. The molecule has 0 nitrogen and oxygen atoms in total. The average molecular weight is 252 g/mol. The molecule has 0 amide bonds. The van der Waals surface area contributed by atoms with E-state index in [1.807, 2.05) is 0 Å². The lowest BCUT2D eigenvalue weighted by molar-refractivity contribution is 0.728. The van der Waals surface area contributed by atoms with Gasteiger partial charge in [0, 0.05) is 0 Å². The van der Waals surface area contributed by atoms with Crippen molar-refractivity contribution in [1.82, 2.24) is 0 Å². The highest BCUT2D eigenvalue weighted by atomic mass is 13.9. The van der Waals surface area contributed by atoms with Crippen molar-refractivity contribution >= 4 is 0 Å². The Labute approximate surface area is 117 Å². The van der Waals surface area contributed by atoms with Crippen LogP contribution in [0.5, 0.6) is 0 Å². The first-order chi connectivity index (χ1) is 8.83. The molecule has 0 aliphatic carbocycles. The second kappa shape index (κ2) is 21.7. The molecule has 0 aromatic heterocycles. The fourth-order valence-electron chi connectivity index (χ4n) is 1.59. The van der Waals surface area contributed by atoms with E-state index in [4.69, 9.17) is 0 Å². The van der Waals surface area contributed by atoms with Gasteiger partial charge in [-0.15, -0.1) is 0 Å². The summed E-state index contributed by atoms with van der Waals surface area (Å²) >= 11 is 0. The molecule has 0 unspecified atom stereocenters. The van der Waals surface area contributed by atoms with E-state index in [0.29, 0.717) is 0 Å². The van der Waals surface area contributed by atoms with Crippen LogP contribution in [0.4, 0.5) is 0 Å². The van der Waals surface area contributed by atoms with Gasteiger partial charge in [-0.2, -0.15) is 0 Å². The summed E-state index contributed by atoms with van der Waals surface area (Å²) in [6.07, 6.45) is 22.2. The maximum absolute atomic E-state index is 2.29. The van der Waals surface area contributed by atoms with E-state index in [2.05, 4.69) is 52.0 Å². The van der Waals surface area contributed by atoms with Crippen LogP contribution in [0.2, 0.25) is 0 Å². The first kappa shape index (κ1) is 19.8. The van der Waals surface area contributed by atoms with E-state index in [1.54, 1.807) is 0 Å². The molecule has 108 valence electrons. The molecule has 0 fully saturated rings. The lowest BCUT2D eigenvalue weighted by Crippen LogP contribution is -1.69. The Bertz CT molecular complexity index is 145. The highest BCUT2D eigenvalue weighted by Gasteiger charge is 1.80. The molecule has 0 N–H and O–H groups in total. The van der Waals surface area contributed by atoms with Crippen molar-refractivity contribution in [2.45, 2.75) is 91.9 Å². The molecule has 18 heavy (non-hydrogen) atoms. The SMILES string of the molecule is CC/C=C/CCCCC.CC/C=C\CCCCC. The van der Waals surface area contributed by atoms with Crippen LogP contribution in [0.25, 0.3) is 0 Å². The first-order valence-electron chi connectivity index (χ1n) is 8.13. The van der Waals surface area contributed by atoms with E-state index < -0.39 is 0 Å². The van der Waals surface area contributed by atoms with E-state index in [0.717, 1.165) is 0 Å². The molecule has 0 bridgehead atoms. The summed E-state index contributed by atoms with van der Waals surface area (Å²) < 4.78 is 0. The standard InChI is InChI=1S/2C9H18/c2*1-3-5-7-9-8-6-4-2/h2*5,7H,3-4,6,8-9H2,1-2H3/b7-5+;7-5-. The molecule has 0 saturated carbocycles. The van der Waals surface area contributed by atoms with Gasteiger partial charge in [-0.1, -0.05) is 77.7 Å². The number of hydrogen-bond acceptors (Lipinski definition) is 0. The third-order valence-electron chi connectivity index (χ3n) is 2.75. The smallest absolute Gasteiger partial charge is 0.0351 e. The lowest BCUT2D eigenvalue weighted by atomic mass is 10.2. The fraction of sp³-hybridized carbons (Fsp3) is 0.778. The quantitative estimate of drug-likeness (QED) is 0.288. The Balaban J connectivity index is 0. The van der Waals surface area contributed by atoms with E-state index in [-0.39, 0.29) is 0 Å². The van der Waals surface area contributed by atoms with E-state index in [1.165, 1.54) is 64.2 Å². The van der Waals surface area contributed by atoms with E-state index in [9.17, 15) is 0 Å². The van der Waals surface area contributed by atoms with Gasteiger partial charge in [-0.3, -0.25) is 0 Å². The summed E-state index contributed by atoms with van der Waals surface area (Å²) in [5, 5.41) is 0. The Kier molecular flexibility index (Phi) is 23.9. The second-order valence-electron chi connectivity index (χ2n) is 4.75. The van der Waals surface area contributed by atoms with Gasteiger partial charge in [-0.05, 0) is 38.5 Å². The van der Waals surface area contributed by atoms with Crippen molar-refractivity contribution in [3.8, 4) is 0 Å². The molecule has 0 atom stereocenters. The minimum Gasteiger partial charge on any atom is -0.0888 e. The van der Waals surface area contributed by atoms with Crippen molar-refractivity contribution in [2.24, 2.45) is 0 Å². The van der Waals surface area contributed by atoms with Gasteiger partial charge in [0.2, 0.25) is 0 Å². The van der Waals surface area contributed by atoms with Gasteiger partial charge in [0.1, 0.15) is 0 Å². The highest BCUT2D eigenvalue weighted by molar-refractivity contribution is 4.79. The fourth-order valence-corrected chi connectivity index (χ4v) is 1.59. The van der Waals surface area contributed by atoms with Crippen molar-refractivity contribution < 1.29 is 0 Å². The topological polar surface area (TPSA) is 0 Å². The normalized spacial score (nSPS) is 10.9. The van der Waals surface area contributed by atoms with Gasteiger partial charge < -0.3 is 0 Å². The number of allylic oxidation sites excluding steroid dienone is 4. The molecule has 0 aliphatic heterocycles. The Morgan fingerprint density at radius 3 is 1.17 bits per heavy atom. The van der Waals surface area contributed by atoms with Crippen molar-refractivity contribution in [2.75, 3.05) is 0 Å². The zero-order chi connectivity index (χ0) is 13.9. The molecule has 0 aromatic carbocycles. The molecule has 0 aliphatic rings. The summed E-state index contributed by atoms with van der Waals surface area (Å²) in [7, 11) is 0. The minimum atomic E-state index is 1.19. The van der Waals surface area contributed by atoms with Gasteiger partial charge >= 0.3 is 0 Å². The summed E-state index contributed by atoms with van der Waals surface area (Å²) in [5.74, 6) is 0. The summed E-state index contributed by atoms with van der Waals surface area (Å²) in [6.45, 7) is 8.83. The van der Waals surface area contributed by atoms with E-state index >= 15 is 0 Å². The van der Waals surface area contributed by atoms with Crippen LogP contribution in [0.15, 0.2) is 24.3 Å². The van der Waals surface area contributed by atoms with Gasteiger partial charge in [0.25, 0.3) is 0 Å². The maximum Gasteiger partial charge on any atom is -0.0351 e. The maximum atomic E-state index is 2.29. The molecule has 0 rings (SSSR count). The Morgan fingerprint density at radius 1 is 0.500 bits per heavy atom. The number of unbranched alkanes of at least 4 members (excludes halogenated alkanes) is 6. The van der Waals surface area contributed by atoms with Crippen LogP contribution in [-0.4, -0.2) is 0 Å². The molecule has 0 radical (unpaired) electrons. The van der Waals surface area contributed by atoms with Crippen LogP contribution in [0, 0.1) is 0 Å². The largest absolute Gasteiger partial charge is 0.0888 e. The van der Waals surface area contributed by atoms with Crippen LogP contribution < -0.4 is 0 Å². The predicted molar refractivity (Wildman–Crippen MR) is 87.1 cm³/mol. The van der Waals surface area contributed by atoms with Crippen molar-refractivity contribution in [3.05, 3.63) is 24.3 Å². The molecule has 0 heterocycles. The average Bonchev–Trinajstić information content (AvgIpc) is 2.39. The molecular weight excluding hydrogens is 216 g/mol. The molecule has 0 aromatic rings. The number of hydrogen-bond donors (Lipinski definition) is 0. The third-order valence-corrected chi connectivity index (χ3v) is 2.75. The summed E-state index contributed by atoms with van der Waals surface area (Å²) in [6, 6.07) is 0. The third kappa shape index (κ3) is 24.6. The minimum absolute atomic E-state index is 1.19. The van der Waals surface area contributed by atoms with Crippen molar-refractivity contribution in [1.29, 1.82) is 0 Å². The summed E-state index contributed by atoms with van der Waals surface area (Å²) in [5.41, 5.74) is 0. The zero-order valence-electron chi connectivity index (χ0n) is 13.4. The van der Waals surface area contributed by atoms with Gasteiger partial charge in [0.15, 0.2) is 0 Å². The lowest BCUT2D eigenvalue weighted by Gasteiger charge is -1.89. The van der Waals surface area contributed by atoms with Crippen LogP contribution in [-0.2, 0) is 0 Å². The van der Waals surface area contributed by atoms with Gasteiger partial charge in [-0.25, -0.2) is 0 Å². The molecule has 0 heteroatoms.